The molecule has 0 amide bonds. The van der Waals surface area contributed by atoms with Crippen LogP contribution in [-0.2, 0) is 16.4 Å². The molecule has 164 valence electrons. The molecule has 1 saturated heterocycles. The molecule has 1 N–H and O–H groups in total. The van der Waals surface area contributed by atoms with Gasteiger partial charge in [-0.1, -0.05) is 5.92 Å². The topological polar surface area (TPSA) is 75.3 Å². The molecule has 0 bridgehead atoms. The first kappa shape index (κ1) is 22.4. The Balaban J connectivity index is 1.68. The highest BCUT2D eigenvalue weighted by Gasteiger charge is 2.33. The zero-order valence-corrected chi connectivity index (χ0v) is 17.0. The Labute approximate surface area is 171 Å². The number of rotatable bonds is 6. The van der Waals surface area contributed by atoms with Crippen molar-refractivity contribution in [3.63, 3.8) is 0 Å². The number of hydrogen-bond donors (Lipinski definition) is 1. The number of likely N-dealkylation sites (tertiary alicyclic amines) is 1. The van der Waals surface area contributed by atoms with Crippen LogP contribution in [0.25, 0.3) is 11.0 Å². The predicted octanol–water partition coefficient (Wildman–Crippen LogP) is 3.25. The molecule has 1 atom stereocenters. The van der Waals surface area contributed by atoms with E-state index in [1.54, 1.807) is 6.92 Å². The molecule has 1 aromatic carbocycles. The Bertz CT molecular complexity index is 1070. The van der Waals surface area contributed by atoms with Crippen molar-refractivity contribution >= 4 is 20.9 Å². The van der Waals surface area contributed by atoms with Gasteiger partial charge >= 0.3 is 6.36 Å². The second-order valence-electron chi connectivity index (χ2n) is 7.26. The second-order valence-corrected chi connectivity index (χ2v) is 9.36. The highest BCUT2D eigenvalue weighted by molar-refractivity contribution is 7.91. The molecule has 3 rings (SSSR count). The number of nitrogens with one attached hydrogen (secondary N) is 1. The lowest BCUT2D eigenvalue weighted by Crippen LogP contribution is -2.38. The number of aromatic nitrogens is 2. The zero-order chi connectivity index (χ0) is 21.9. The number of nitrogens with zero attached hydrogens (tertiary/aromatic N) is 2. The third kappa shape index (κ3) is 6.09. The van der Waals surface area contributed by atoms with Gasteiger partial charge in [0.2, 0.25) is 0 Å². The fraction of sp³-hybridized carbons (Fsp3) is 0.526. The maximum Gasteiger partial charge on any atom is 0.573 e. The third-order valence-corrected chi connectivity index (χ3v) is 6.31. The molecule has 30 heavy (non-hydrogen) atoms. The van der Waals surface area contributed by atoms with Crippen molar-refractivity contribution in [2.24, 2.45) is 5.92 Å². The Morgan fingerprint density at radius 3 is 2.83 bits per heavy atom. The third-order valence-electron chi connectivity index (χ3n) is 4.75. The standard InChI is InChI=1S/C19H21F4N3O3S/c1-2-3-7-30(27,28)12-13-5-4-6-26(10-13)11-18-24-15-8-14(20)17(9-16(15)25-18)29-19(21,22)23/h8-9,13H,4-7,10-12H2,1H3,(H,24,25)/t13-/m1/s1. The summed E-state index contributed by atoms with van der Waals surface area (Å²) in [6.45, 7) is 3.22. The van der Waals surface area contributed by atoms with Crippen LogP contribution in [0.4, 0.5) is 17.6 Å². The average Bonchev–Trinajstić information content (AvgIpc) is 3.00. The van der Waals surface area contributed by atoms with E-state index in [2.05, 4.69) is 26.5 Å². The van der Waals surface area contributed by atoms with Crippen molar-refractivity contribution in [2.45, 2.75) is 32.7 Å². The molecule has 2 heterocycles. The van der Waals surface area contributed by atoms with Gasteiger partial charge in [0.25, 0.3) is 0 Å². The number of hydrogen-bond acceptors (Lipinski definition) is 5. The first-order valence-corrected chi connectivity index (χ1v) is 11.1. The molecule has 0 spiro atoms. The molecular weight excluding hydrogens is 426 g/mol. The van der Waals surface area contributed by atoms with Gasteiger partial charge in [-0.3, -0.25) is 4.90 Å². The van der Waals surface area contributed by atoms with Crippen molar-refractivity contribution in [2.75, 3.05) is 24.6 Å². The number of H-pyrrole nitrogens is 1. The van der Waals surface area contributed by atoms with E-state index in [1.807, 2.05) is 4.90 Å². The molecule has 2 aromatic rings. The minimum absolute atomic E-state index is 0.0315. The van der Waals surface area contributed by atoms with E-state index in [4.69, 9.17) is 0 Å². The lowest BCUT2D eigenvalue weighted by atomic mass is 10.0. The van der Waals surface area contributed by atoms with Crippen molar-refractivity contribution in [3.8, 4) is 17.6 Å². The van der Waals surface area contributed by atoms with E-state index >= 15 is 0 Å². The summed E-state index contributed by atoms with van der Waals surface area (Å²) in [6, 6.07) is 1.81. The Hall–Kier alpha value is -2.32. The second kappa shape index (κ2) is 8.81. The monoisotopic (exact) mass is 447 g/mol. The van der Waals surface area contributed by atoms with Crippen LogP contribution < -0.4 is 4.74 Å². The summed E-state index contributed by atoms with van der Waals surface area (Å²) in [7, 11) is -3.26. The highest BCUT2D eigenvalue weighted by atomic mass is 32.2. The van der Waals surface area contributed by atoms with E-state index in [0.717, 1.165) is 31.5 Å². The molecule has 1 aliphatic rings. The smallest absolute Gasteiger partial charge is 0.403 e. The number of aromatic amines is 1. The molecular formula is C19H21F4N3O3S. The van der Waals surface area contributed by atoms with E-state index in [1.165, 1.54) is 0 Å². The number of alkyl halides is 3. The molecule has 1 aliphatic heterocycles. The summed E-state index contributed by atoms with van der Waals surface area (Å²) in [6.07, 6.45) is -3.39. The van der Waals surface area contributed by atoms with Crippen LogP contribution in [0.1, 0.15) is 25.6 Å². The van der Waals surface area contributed by atoms with Crippen molar-refractivity contribution in [3.05, 3.63) is 23.8 Å². The van der Waals surface area contributed by atoms with E-state index in [9.17, 15) is 26.0 Å². The van der Waals surface area contributed by atoms with E-state index in [-0.39, 0.29) is 28.5 Å². The van der Waals surface area contributed by atoms with Gasteiger partial charge in [-0.25, -0.2) is 17.8 Å². The van der Waals surface area contributed by atoms with Gasteiger partial charge in [0, 0.05) is 18.7 Å². The number of fused-ring (bicyclic) bond motifs is 1. The van der Waals surface area contributed by atoms with Crippen molar-refractivity contribution < 1.29 is 30.7 Å². The summed E-state index contributed by atoms with van der Waals surface area (Å²) in [5.74, 6) is 3.41. The molecule has 11 heteroatoms. The van der Waals surface area contributed by atoms with E-state index < -0.39 is 27.8 Å². The molecule has 0 aliphatic carbocycles. The van der Waals surface area contributed by atoms with Gasteiger partial charge in [0.05, 0.1) is 23.3 Å². The SMILES string of the molecule is CC#CCS(=O)(=O)C[C@@H]1CCCN(Cc2nc3cc(OC(F)(F)F)c(F)cc3[nH]2)C1. The van der Waals surface area contributed by atoms with Crippen LogP contribution in [0.15, 0.2) is 12.1 Å². The molecule has 0 saturated carbocycles. The van der Waals surface area contributed by atoms with Crippen LogP contribution in [-0.4, -0.2) is 54.2 Å². The van der Waals surface area contributed by atoms with Crippen LogP contribution in [0.2, 0.25) is 0 Å². The zero-order valence-electron chi connectivity index (χ0n) is 16.2. The summed E-state index contributed by atoms with van der Waals surface area (Å²) < 4.78 is 79.0. The fourth-order valence-corrected chi connectivity index (χ4v) is 5.06. The van der Waals surface area contributed by atoms with Crippen LogP contribution in [0.5, 0.6) is 5.75 Å². The van der Waals surface area contributed by atoms with E-state index in [0.29, 0.717) is 18.9 Å². The molecule has 1 fully saturated rings. The molecule has 1 aromatic heterocycles. The summed E-state index contributed by atoms with van der Waals surface area (Å²) in [5, 5.41) is 0. The van der Waals surface area contributed by atoms with Crippen LogP contribution >= 0.6 is 0 Å². The first-order valence-electron chi connectivity index (χ1n) is 9.31. The first-order chi connectivity index (χ1) is 14.0. The normalized spacial score (nSPS) is 18.2. The van der Waals surface area contributed by atoms with Crippen LogP contribution in [0, 0.1) is 23.6 Å². The summed E-state index contributed by atoms with van der Waals surface area (Å²) in [5.41, 5.74) is 0.409. The predicted molar refractivity (Wildman–Crippen MR) is 103 cm³/mol. The Morgan fingerprint density at radius 2 is 2.13 bits per heavy atom. The maximum atomic E-state index is 13.9. The highest BCUT2D eigenvalue weighted by Crippen LogP contribution is 2.29. The largest absolute Gasteiger partial charge is 0.573 e. The summed E-state index contributed by atoms with van der Waals surface area (Å²) >= 11 is 0. The number of sulfone groups is 1. The van der Waals surface area contributed by atoms with Gasteiger partial charge < -0.3 is 9.72 Å². The number of imidazole rings is 1. The number of ether oxygens (including phenoxy) is 1. The lowest BCUT2D eigenvalue weighted by Gasteiger charge is -2.31. The molecule has 6 nitrogen and oxygen atoms in total. The van der Waals surface area contributed by atoms with Crippen molar-refractivity contribution in [1.29, 1.82) is 0 Å². The summed E-state index contributed by atoms with van der Waals surface area (Å²) in [4.78, 5) is 9.15. The molecule has 0 unspecified atom stereocenters. The van der Waals surface area contributed by atoms with Crippen LogP contribution in [0.3, 0.4) is 0 Å². The number of benzene rings is 1. The minimum atomic E-state index is -5.00. The van der Waals surface area contributed by atoms with Gasteiger partial charge in [-0.15, -0.1) is 19.1 Å². The number of piperidine rings is 1. The molecule has 0 radical (unpaired) electrons. The van der Waals surface area contributed by atoms with Gasteiger partial charge in [0.15, 0.2) is 21.4 Å². The average molecular weight is 447 g/mol. The van der Waals surface area contributed by atoms with Gasteiger partial charge in [0.1, 0.15) is 11.6 Å². The Kier molecular flexibility index (Phi) is 6.57. The fourth-order valence-electron chi connectivity index (χ4n) is 3.58. The maximum absolute atomic E-state index is 13.9. The Morgan fingerprint density at radius 1 is 1.37 bits per heavy atom. The van der Waals surface area contributed by atoms with Gasteiger partial charge in [-0.2, -0.15) is 0 Å². The van der Waals surface area contributed by atoms with Crippen molar-refractivity contribution in [1.82, 2.24) is 14.9 Å². The van der Waals surface area contributed by atoms with Gasteiger partial charge in [-0.05, 0) is 32.2 Å². The lowest BCUT2D eigenvalue weighted by molar-refractivity contribution is -0.275. The quantitative estimate of drug-likeness (QED) is 0.544. The minimum Gasteiger partial charge on any atom is -0.403 e. The number of halogens is 4.